The molecule has 2 aromatic rings. The number of piperidine rings is 2. The molecular formula is C19H22ClN7. The SMILES string of the molecule is N#Cc1nccc(N2CCC(C3CCN(c4cnc(Cl)cn4)CC3)CC2)n1. The van der Waals surface area contributed by atoms with Crippen LogP contribution in [0.15, 0.2) is 24.7 Å². The van der Waals surface area contributed by atoms with Crippen LogP contribution in [-0.2, 0) is 0 Å². The van der Waals surface area contributed by atoms with Crippen molar-refractivity contribution in [1.29, 1.82) is 5.26 Å². The van der Waals surface area contributed by atoms with E-state index in [-0.39, 0.29) is 5.82 Å². The van der Waals surface area contributed by atoms with Gasteiger partial charge in [0.25, 0.3) is 0 Å². The molecule has 27 heavy (non-hydrogen) atoms. The van der Waals surface area contributed by atoms with Crippen molar-refractivity contribution in [1.82, 2.24) is 19.9 Å². The van der Waals surface area contributed by atoms with Crippen LogP contribution >= 0.6 is 11.6 Å². The van der Waals surface area contributed by atoms with E-state index in [2.05, 4.69) is 29.7 Å². The number of aromatic nitrogens is 4. The van der Waals surface area contributed by atoms with Crippen LogP contribution in [0.25, 0.3) is 0 Å². The highest BCUT2D eigenvalue weighted by Crippen LogP contribution is 2.34. The summed E-state index contributed by atoms with van der Waals surface area (Å²) in [5.41, 5.74) is 0. The lowest BCUT2D eigenvalue weighted by molar-refractivity contribution is 0.232. The molecule has 0 radical (unpaired) electrons. The van der Waals surface area contributed by atoms with Crippen LogP contribution in [-0.4, -0.2) is 46.1 Å². The third kappa shape index (κ3) is 4.11. The van der Waals surface area contributed by atoms with Crippen molar-refractivity contribution in [3.63, 3.8) is 0 Å². The van der Waals surface area contributed by atoms with Crippen molar-refractivity contribution in [2.45, 2.75) is 25.7 Å². The average molecular weight is 384 g/mol. The van der Waals surface area contributed by atoms with Gasteiger partial charge in [-0.1, -0.05) is 11.6 Å². The lowest BCUT2D eigenvalue weighted by Crippen LogP contribution is -2.41. The quantitative estimate of drug-likeness (QED) is 0.805. The zero-order valence-corrected chi connectivity index (χ0v) is 15.9. The lowest BCUT2D eigenvalue weighted by Gasteiger charge is -2.40. The molecule has 0 aromatic carbocycles. The number of anilines is 2. The van der Waals surface area contributed by atoms with E-state index in [1.54, 1.807) is 18.6 Å². The molecule has 2 saturated heterocycles. The predicted molar refractivity (Wildman–Crippen MR) is 104 cm³/mol. The van der Waals surface area contributed by atoms with Crippen molar-refractivity contribution >= 4 is 23.2 Å². The summed E-state index contributed by atoms with van der Waals surface area (Å²) in [7, 11) is 0. The first-order valence-electron chi connectivity index (χ1n) is 9.43. The first-order chi connectivity index (χ1) is 13.2. The van der Waals surface area contributed by atoms with E-state index in [4.69, 9.17) is 16.9 Å². The molecule has 0 atom stereocenters. The van der Waals surface area contributed by atoms with Crippen molar-refractivity contribution in [2.75, 3.05) is 36.0 Å². The molecule has 7 nitrogen and oxygen atoms in total. The van der Waals surface area contributed by atoms with Gasteiger partial charge in [-0.3, -0.25) is 0 Å². The fourth-order valence-electron chi connectivity index (χ4n) is 4.25. The number of nitriles is 1. The summed E-state index contributed by atoms with van der Waals surface area (Å²) in [6.07, 6.45) is 9.79. The van der Waals surface area contributed by atoms with Gasteiger partial charge >= 0.3 is 0 Å². The molecule has 4 rings (SSSR count). The van der Waals surface area contributed by atoms with Gasteiger partial charge in [0.1, 0.15) is 22.9 Å². The molecule has 8 heteroatoms. The fourth-order valence-corrected chi connectivity index (χ4v) is 4.35. The standard InChI is InChI=1S/C19H22ClN7/c20-16-12-24-19(13-23-16)27-9-4-15(5-10-27)14-2-7-26(8-3-14)18-1-6-22-17(11-21)25-18/h1,6,12-15H,2-5,7-10H2. The van der Waals surface area contributed by atoms with Crippen LogP contribution in [0, 0.1) is 23.2 Å². The fraction of sp³-hybridized carbons (Fsp3) is 0.526. The van der Waals surface area contributed by atoms with Gasteiger partial charge in [-0.25, -0.2) is 19.9 Å². The van der Waals surface area contributed by atoms with Crippen molar-refractivity contribution in [2.24, 2.45) is 11.8 Å². The molecule has 0 unspecified atom stereocenters. The van der Waals surface area contributed by atoms with Crippen LogP contribution < -0.4 is 9.80 Å². The summed E-state index contributed by atoms with van der Waals surface area (Å²) in [6, 6.07) is 3.91. The Bertz CT molecular complexity index is 804. The number of hydrogen-bond donors (Lipinski definition) is 0. The molecule has 0 saturated carbocycles. The van der Waals surface area contributed by atoms with Crippen LogP contribution in [0.4, 0.5) is 11.6 Å². The van der Waals surface area contributed by atoms with Crippen molar-refractivity contribution < 1.29 is 0 Å². The highest BCUT2D eigenvalue weighted by atomic mass is 35.5. The maximum atomic E-state index is 8.98. The average Bonchev–Trinajstić information content (AvgIpc) is 2.75. The number of rotatable bonds is 3. The summed E-state index contributed by atoms with van der Waals surface area (Å²) in [5.74, 6) is 3.56. The minimum Gasteiger partial charge on any atom is -0.356 e. The summed E-state index contributed by atoms with van der Waals surface area (Å²) in [5, 5.41) is 9.41. The lowest BCUT2D eigenvalue weighted by atomic mass is 9.79. The second-order valence-electron chi connectivity index (χ2n) is 7.20. The van der Waals surface area contributed by atoms with Gasteiger partial charge in [0.2, 0.25) is 5.82 Å². The molecule has 2 aromatic heterocycles. The zero-order valence-electron chi connectivity index (χ0n) is 15.1. The van der Waals surface area contributed by atoms with E-state index in [1.807, 2.05) is 12.1 Å². The first kappa shape index (κ1) is 17.9. The van der Waals surface area contributed by atoms with Gasteiger partial charge in [0.15, 0.2) is 0 Å². The third-order valence-electron chi connectivity index (χ3n) is 5.74. The van der Waals surface area contributed by atoms with Crippen molar-refractivity contribution in [3.8, 4) is 6.07 Å². The van der Waals surface area contributed by atoms with Gasteiger partial charge in [-0.15, -0.1) is 0 Å². The first-order valence-corrected chi connectivity index (χ1v) is 9.81. The molecule has 0 bridgehead atoms. The van der Waals surface area contributed by atoms with Gasteiger partial charge in [-0.2, -0.15) is 5.26 Å². The van der Waals surface area contributed by atoms with E-state index in [0.717, 1.165) is 49.7 Å². The summed E-state index contributed by atoms with van der Waals surface area (Å²) >= 11 is 5.83. The molecule has 2 fully saturated rings. The number of halogens is 1. The third-order valence-corrected chi connectivity index (χ3v) is 5.94. The molecule has 0 spiro atoms. The Morgan fingerprint density at radius 2 is 1.52 bits per heavy atom. The molecule has 4 heterocycles. The largest absolute Gasteiger partial charge is 0.356 e. The Labute approximate surface area is 164 Å². The second-order valence-corrected chi connectivity index (χ2v) is 7.58. The zero-order chi connectivity index (χ0) is 18.6. The summed E-state index contributed by atoms with van der Waals surface area (Å²) in [6.45, 7) is 4.04. The Hall–Kier alpha value is -2.46. The highest BCUT2D eigenvalue weighted by Gasteiger charge is 2.30. The molecule has 2 aliphatic heterocycles. The van der Waals surface area contributed by atoms with Gasteiger partial charge in [-0.05, 0) is 43.6 Å². The Morgan fingerprint density at radius 1 is 0.889 bits per heavy atom. The summed E-state index contributed by atoms with van der Waals surface area (Å²) < 4.78 is 0. The van der Waals surface area contributed by atoms with Crippen LogP contribution in [0.5, 0.6) is 0 Å². The minimum atomic E-state index is 0.243. The van der Waals surface area contributed by atoms with E-state index < -0.39 is 0 Å². The van der Waals surface area contributed by atoms with E-state index in [9.17, 15) is 0 Å². The topological polar surface area (TPSA) is 81.8 Å². The highest BCUT2D eigenvalue weighted by molar-refractivity contribution is 6.29. The number of nitrogens with zero attached hydrogens (tertiary/aromatic N) is 7. The van der Waals surface area contributed by atoms with Crippen LogP contribution in [0.2, 0.25) is 5.15 Å². The van der Waals surface area contributed by atoms with Crippen LogP contribution in [0.3, 0.4) is 0 Å². The van der Waals surface area contributed by atoms with E-state index >= 15 is 0 Å². The molecule has 140 valence electrons. The Kier molecular flexibility index (Phi) is 5.35. The number of hydrogen-bond acceptors (Lipinski definition) is 7. The monoisotopic (exact) mass is 383 g/mol. The van der Waals surface area contributed by atoms with Gasteiger partial charge in [0, 0.05) is 32.4 Å². The van der Waals surface area contributed by atoms with E-state index in [1.165, 1.54) is 25.7 Å². The van der Waals surface area contributed by atoms with Gasteiger partial charge in [0.05, 0.1) is 12.4 Å². The maximum absolute atomic E-state index is 8.98. The molecule has 2 aliphatic rings. The molecule has 0 N–H and O–H groups in total. The summed E-state index contributed by atoms with van der Waals surface area (Å²) in [4.78, 5) is 21.4. The molecule has 0 aliphatic carbocycles. The minimum absolute atomic E-state index is 0.243. The Morgan fingerprint density at radius 3 is 2.07 bits per heavy atom. The van der Waals surface area contributed by atoms with E-state index in [0.29, 0.717) is 5.15 Å². The van der Waals surface area contributed by atoms with Gasteiger partial charge < -0.3 is 9.80 Å². The maximum Gasteiger partial charge on any atom is 0.234 e. The Balaban J connectivity index is 1.29. The smallest absolute Gasteiger partial charge is 0.234 e. The van der Waals surface area contributed by atoms with Crippen LogP contribution in [0.1, 0.15) is 31.5 Å². The predicted octanol–water partition coefficient (Wildman–Crippen LogP) is 2.92. The second kappa shape index (κ2) is 8.05. The molecular weight excluding hydrogens is 362 g/mol. The van der Waals surface area contributed by atoms with Crippen molar-refractivity contribution in [3.05, 3.63) is 35.6 Å². The normalized spacial score (nSPS) is 19.1. The molecule has 0 amide bonds.